The molecule has 1 N–H and O–H groups in total. The van der Waals surface area contributed by atoms with Crippen molar-refractivity contribution in [3.8, 4) is 5.69 Å². The largest absolute Gasteiger partial charge is 0.306 e. The number of nitrogens with one attached hydrogen (secondary N) is 1. The quantitative estimate of drug-likeness (QED) is 0.898. The van der Waals surface area contributed by atoms with Crippen molar-refractivity contribution in [2.75, 3.05) is 0 Å². The van der Waals surface area contributed by atoms with E-state index < -0.39 is 0 Å². The smallest absolute Gasteiger partial charge is 0.0767 e. The zero-order chi connectivity index (χ0) is 13.2. The number of aromatic nitrogens is 2. The van der Waals surface area contributed by atoms with E-state index in [0.717, 1.165) is 17.9 Å². The molecule has 0 aliphatic heterocycles. The molecule has 1 aromatic heterocycles. The molecule has 96 valence electrons. The third-order valence-electron chi connectivity index (χ3n) is 2.71. The summed E-state index contributed by atoms with van der Waals surface area (Å²) in [5.74, 6) is 0. The van der Waals surface area contributed by atoms with Crippen LogP contribution in [-0.4, -0.2) is 15.3 Å². The number of aryl methyl sites for hydroxylation is 1. The molecular weight excluding hydrogens is 222 g/mol. The molecule has 0 saturated carbocycles. The topological polar surface area (TPSA) is 29.9 Å². The Hall–Kier alpha value is -1.61. The van der Waals surface area contributed by atoms with Gasteiger partial charge in [0.15, 0.2) is 0 Å². The molecule has 3 heteroatoms. The molecule has 0 atom stereocenters. The zero-order valence-corrected chi connectivity index (χ0v) is 11.6. The zero-order valence-electron chi connectivity index (χ0n) is 11.6. The Kier molecular flexibility index (Phi) is 3.53. The fourth-order valence-electron chi connectivity index (χ4n) is 1.73. The van der Waals surface area contributed by atoms with Gasteiger partial charge in [0, 0.05) is 18.3 Å². The predicted molar refractivity (Wildman–Crippen MR) is 74.9 cm³/mol. The molecule has 0 aliphatic carbocycles. The summed E-state index contributed by atoms with van der Waals surface area (Å²) in [4.78, 5) is 0. The highest BCUT2D eigenvalue weighted by molar-refractivity contribution is 5.34. The maximum absolute atomic E-state index is 4.58. The van der Waals surface area contributed by atoms with E-state index in [1.165, 1.54) is 5.56 Å². The Balaban J connectivity index is 2.11. The van der Waals surface area contributed by atoms with Crippen LogP contribution in [0.5, 0.6) is 0 Å². The molecule has 0 spiro atoms. The normalized spacial score (nSPS) is 11.8. The highest BCUT2D eigenvalue weighted by Gasteiger charge is 2.09. The molecule has 2 rings (SSSR count). The molecule has 0 fully saturated rings. The third kappa shape index (κ3) is 3.44. The average molecular weight is 243 g/mol. The Labute approximate surface area is 109 Å². The van der Waals surface area contributed by atoms with Crippen molar-refractivity contribution >= 4 is 0 Å². The lowest BCUT2D eigenvalue weighted by molar-refractivity contribution is 0.420. The Morgan fingerprint density at radius 2 is 2.00 bits per heavy atom. The lowest BCUT2D eigenvalue weighted by Gasteiger charge is -2.19. The van der Waals surface area contributed by atoms with Gasteiger partial charge in [-0.1, -0.05) is 12.1 Å². The summed E-state index contributed by atoms with van der Waals surface area (Å²) in [5.41, 5.74) is 3.54. The minimum absolute atomic E-state index is 0.118. The van der Waals surface area contributed by atoms with Crippen LogP contribution in [0, 0.1) is 6.92 Å². The molecule has 18 heavy (non-hydrogen) atoms. The van der Waals surface area contributed by atoms with Crippen molar-refractivity contribution in [3.05, 3.63) is 47.8 Å². The lowest BCUT2D eigenvalue weighted by Crippen LogP contribution is -2.35. The van der Waals surface area contributed by atoms with Gasteiger partial charge in [0.2, 0.25) is 0 Å². The molecule has 1 heterocycles. The van der Waals surface area contributed by atoms with Gasteiger partial charge in [0.25, 0.3) is 0 Å². The second-order valence-electron chi connectivity index (χ2n) is 5.69. The monoisotopic (exact) mass is 243 g/mol. The van der Waals surface area contributed by atoms with Crippen LogP contribution in [0.4, 0.5) is 0 Å². The molecule has 0 saturated heterocycles. The number of hydrogen-bond donors (Lipinski definition) is 1. The first-order valence-electron chi connectivity index (χ1n) is 6.31. The first kappa shape index (κ1) is 12.8. The van der Waals surface area contributed by atoms with E-state index in [0.29, 0.717) is 0 Å². The van der Waals surface area contributed by atoms with Gasteiger partial charge in [-0.05, 0) is 51.5 Å². The van der Waals surface area contributed by atoms with Crippen molar-refractivity contribution in [3.63, 3.8) is 0 Å². The van der Waals surface area contributed by atoms with E-state index in [1.54, 1.807) is 0 Å². The number of nitrogens with zero attached hydrogens (tertiary/aromatic N) is 2. The van der Waals surface area contributed by atoms with Crippen LogP contribution < -0.4 is 5.32 Å². The van der Waals surface area contributed by atoms with Gasteiger partial charge in [0.1, 0.15) is 0 Å². The highest BCUT2D eigenvalue weighted by atomic mass is 15.3. The molecule has 3 nitrogen and oxygen atoms in total. The van der Waals surface area contributed by atoms with Crippen molar-refractivity contribution < 1.29 is 0 Å². The number of hydrogen-bond acceptors (Lipinski definition) is 2. The standard InChI is InChI=1S/C15H21N3/c1-12-6-5-7-14(10-12)18-9-8-13(17-18)11-16-15(2,3)4/h5-10,16H,11H2,1-4H3. The number of rotatable bonds is 3. The van der Waals surface area contributed by atoms with E-state index in [1.807, 2.05) is 10.9 Å². The fourth-order valence-corrected chi connectivity index (χ4v) is 1.73. The molecule has 0 amide bonds. The first-order valence-corrected chi connectivity index (χ1v) is 6.31. The van der Waals surface area contributed by atoms with Gasteiger partial charge >= 0.3 is 0 Å². The summed E-state index contributed by atoms with van der Waals surface area (Å²) in [6.45, 7) is 9.36. The predicted octanol–water partition coefficient (Wildman–Crippen LogP) is 3.07. The lowest BCUT2D eigenvalue weighted by atomic mass is 10.1. The van der Waals surface area contributed by atoms with E-state index in [4.69, 9.17) is 0 Å². The average Bonchev–Trinajstić information content (AvgIpc) is 2.74. The van der Waals surface area contributed by atoms with E-state index in [2.05, 4.69) is 68.4 Å². The van der Waals surface area contributed by atoms with Crippen molar-refractivity contribution in [2.24, 2.45) is 0 Å². The Morgan fingerprint density at radius 3 is 2.67 bits per heavy atom. The summed E-state index contributed by atoms with van der Waals surface area (Å²) in [6, 6.07) is 10.4. The molecule has 0 bridgehead atoms. The van der Waals surface area contributed by atoms with Crippen LogP contribution in [0.2, 0.25) is 0 Å². The summed E-state index contributed by atoms with van der Waals surface area (Å²) in [6.07, 6.45) is 2.01. The minimum atomic E-state index is 0.118. The SMILES string of the molecule is Cc1cccc(-n2ccc(CNC(C)(C)C)n2)c1. The summed E-state index contributed by atoms with van der Waals surface area (Å²) in [5, 5.41) is 8.02. The van der Waals surface area contributed by atoms with Crippen LogP contribution in [0.1, 0.15) is 32.0 Å². The summed E-state index contributed by atoms with van der Waals surface area (Å²) >= 11 is 0. The van der Waals surface area contributed by atoms with Crippen LogP contribution in [0.15, 0.2) is 36.5 Å². The third-order valence-corrected chi connectivity index (χ3v) is 2.71. The highest BCUT2D eigenvalue weighted by Crippen LogP contribution is 2.10. The van der Waals surface area contributed by atoms with Crippen LogP contribution in [-0.2, 0) is 6.54 Å². The van der Waals surface area contributed by atoms with Crippen molar-refractivity contribution in [1.29, 1.82) is 0 Å². The molecule has 0 radical (unpaired) electrons. The van der Waals surface area contributed by atoms with Crippen LogP contribution >= 0.6 is 0 Å². The molecule has 0 aliphatic rings. The number of benzene rings is 1. The van der Waals surface area contributed by atoms with Gasteiger partial charge in [0.05, 0.1) is 11.4 Å². The molecular formula is C15H21N3. The minimum Gasteiger partial charge on any atom is -0.306 e. The first-order chi connectivity index (χ1) is 8.44. The van der Waals surface area contributed by atoms with Crippen molar-refractivity contribution in [2.45, 2.75) is 39.8 Å². The van der Waals surface area contributed by atoms with E-state index >= 15 is 0 Å². The fraction of sp³-hybridized carbons (Fsp3) is 0.400. The Morgan fingerprint density at radius 1 is 1.22 bits per heavy atom. The van der Waals surface area contributed by atoms with Gasteiger partial charge in [-0.3, -0.25) is 0 Å². The van der Waals surface area contributed by atoms with Crippen molar-refractivity contribution in [1.82, 2.24) is 15.1 Å². The van der Waals surface area contributed by atoms with Gasteiger partial charge in [-0.25, -0.2) is 4.68 Å². The summed E-state index contributed by atoms with van der Waals surface area (Å²) in [7, 11) is 0. The summed E-state index contributed by atoms with van der Waals surface area (Å²) < 4.78 is 1.92. The van der Waals surface area contributed by atoms with Crippen LogP contribution in [0.3, 0.4) is 0 Å². The van der Waals surface area contributed by atoms with Crippen LogP contribution in [0.25, 0.3) is 5.69 Å². The maximum atomic E-state index is 4.58. The van der Waals surface area contributed by atoms with Gasteiger partial charge < -0.3 is 5.32 Å². The second-order valence-corrected chi connectivity index (χ2v) is 5.69. The molecule has 1 aromatic carbocycles. The second kappa shape index (κ2) is 4.94. The molecule has 0 unspecified atom stereocenters. The van der Waals surface area contributed by atoms with Gasteiger partial charge in [-0.15, -0.1) is 0 Å². The molecule has 2 aromatic rings. The van der Waals surface area contributed by atoms with E-state index in [-0.39, 0.29) is 5.54 Å². The van der Waals surface area contributed by atoms with E-state index in [9.17, 15) is 0 Å². The Bertz CT molecular complexity index is 521. The maximum Gasteiger partial charge on any atom is 0.0767 e. The van der Waals surface area contributed by atoms with Gasteiger partial charge in [-0.2, -0.15) is 5.10 Å².